The molecule has 1 fully saturated rings. The number of carbonyl (C=O) groups excluding carboxylic acids is 1. The molecule has 0 spiro atoms. The number of thiophene rings is 1. The van der Waals surface area contributed by atoms with Crippen LogP contribution >= 0.6 is 22.9 Å². The lowest BCUT2D eigenvalue weighted by molar-refractivity contribution is 0.0603. The van der Waals surface area contributed by atoms with Gasteiger partial charge in [0, 0.05) is 58.0 Å². The highest BCUT2D eigenvalue weighted by atomic mass is 35.5. The van der Waals surface area contributed by atoms with Crippen molar-refractivity contribution in [2.45, 2.75) is 51.7 Å². The summed E-state index contributed by atoms with van der Waals surface area (Å²) in [5, 5.41) is 5.67. The van der Waals surface area contributed by atoms with Gasteiger partial charge in [0.05, 0.1) is 35.1 Å². The molecule has 11 heteroatoms. The lowest BCUT2D eigenvalue weighted by Gasteiger charge is -2.42. The first-order chi connectivity index (χ1) is 20.2. The second kappa shape index (κ2) is 11.8. The fourth-order valence-electron chi connectivity index (χ4n) is 5.96. The number of esters is 1. The Morgan fingerprint density at radius 2 is 2.00 bits per heavy atom. The van der Waals surface area contributed by atoms with Crippen LogP contribution in [0.2, 0.25) is 5.02 Å². The van der Waals surface area contributed by atoms with E-state index < -0.39 is 5.97 Å². The average Bonchev–Trinajstić information content (AvgIpc) is 3.37. The van der Waals surface area contributed by atoms with Gasteiger partial charge in [-0.15, -0.1) is 11.3 Å². The van der Waals surface area contributed by atoms with E-state index in [1.54, 1.807) is 16.0 Å². The van der Waals surface area contributed by atoms with E-state index in [2.05, 4.69) is 22.2 Å². The first-order valence-electron chi connectivity index (χ1n) is 14.2. The molecule has 6 rings (SSSR count). The topological polar surface area (TPSA) is 98.6 Å². The molecule has 0 amide bonds. The maximum absolute atomic E-state index is 13.7. The van der Waals surface area contributed by atoms with Gasteiger partial charge in [0.25, 0.3) is 5.56 Å². The standard InChI is InChI=1S/C31H34ClN5O4S/c1-17-11-23(29-28(34-17)25(16-42-29)31(39)40-4)22-12-19(32)5-8-27(22)41-10-9-37-18(2)35-26-7-6-20(13-24(26)30(37)38)36(3)21-14-33-15-21/h5,8,11-12,16,20-21,33H,6-7,9-10,13-15H2,1-4H3. The molecule has 4 aromatic rings. The van der Waals surface area contributed by atoms with Crippen molar-refractivity contribution in [2.75, 3.05) is 33.9 Å². The number of carbonyl (C=O) groups is 1. The number of benzene rings is 1. The third-order valence-corrected chi connectivity index (χ3v) is 9.70. The van der Waals surface area contributed by atoms with Gasteiger partial charge in [0.2, 0.25) is 0 Å². The lowest BCUT2D eigenvalue weighted by Crippen LogP contribution is -2.59. The predicted molar refractivity (Wildman–Crippen MR) is 165 cm³/mol. The summed E-state index contributed by atoms with van der Waals surface area (Å²) in [5.41, 5.74) is 5.24. The number of rotatable bonds is 8. The molecular weight excluding hydrogens is 574 g/mol. The fraction of sp³-hybridized carbons (Fsp3) is 0.419. The SMILES string of the molecule is COC(=O)c1csc2c(-c3cc(Cl)ccc3OCCn3c(C)nc4c(c3=O)CC(N(C)C3CNC3)CC4)cc(C)nc12. The number of aromatic nitrogens is 3. The Morgan fingerprint density at radius 3 is 2.74 bits per heavy atom. The minimum absolute atomic E-state index is 0.0302. The molecule has 1 atom stereocenters. The summed E-state index contributed by atoms with van der Waals surface area (Å²) in [6.45, 7) is 6.43. The molecule has 0 bridgehead atoms. The summed E-state index contributed by atoms with van der Waals surface area (Å²) in [6, 6.07) is 8.32. The summed E-state index contributed by atoms with van der Waals surface area (Å²) in [7, 11) is 3.53. The molecule has 1 aliphatic heterocycles. The molecule has 0 saturated carbocycles. The van der Waals surface area contributed by atoms with Gasteiger partial charge in [-0.05, 0) is 64.4 Å². The largest absolute Gasteiger partial charge is 0.491 e. The van der Waals surface area contributed by atoms with Crippen LogP contribution in [0.3, 0.4) is 0 Å². The first-order valence-corrected chi connectivity index (χ1v) is 15.4. The molecule has 220 valence electrons. The van der Waals surface area contributed by atoms with Crippen LogP contribution in [0, 0.1) is 13.8 Å². The second-order valence-electron chi connectivity index (χ2n) is 11.0. The van der Waals surface area contributed by atoms with E-state index >= 15 is 0 Å². The van der Waals surface area contributed by atoms with Gasteiger partial charge in [0.1, 0.15) is 18.2 Å². The number of nitrogens with one attached hydrogen (secondary N) is 1. The van der Waals surface area contributed by atoms with Gasteiger partial charge in [0.15, 0.2) is 0 Å². The molecule has 9 nitrogen and oxygen atoms in total. The van der Waals surface area contributed by atoms with Crippen molar-refractivity contribution < 1.29 is 14.3 Å². The highest BCUT2D eigenvalue weighted by Gasteiger charge is 2.32. The van der Waals surface area contributed by atoms with Crippen LogP contribution in [0.1, 0.15) is 39.6 Å². The van der Waals surface area contributed by atoms with Crippen LogP contribution in [0.15, 0.2) is 34.4 Å². The van der Waals surface area contributed by atoms with Crippen LogP contribution in [0.5, 0.6) is 5.75 Å². The minimum atomic E-state index is -0.426. The molecule has 0 radical (unpaired) electrons. The molecule has 4 heterocycles. The summed E-state index contributed by atoms with van der Waals surface area (Å²) < 4.78 is 13.9. The van der Waals surface area contributed by atoms with E-state index in [9.17, 15) is 9.59 Å². The van der Waals surface area contributed by atoms with Crippen LogP contribution in [0.4, 0.5) is 0 Å². The highest BCUT2D eigenvalue weighted by molar-refractivity contribution is 7.18. The summed E-state index contributed by atoms with van der Waals surface area (Å²) in [6.07, 6.45) is 2.57. The lowest BCUT2D eigenvalue weighted by atomic mass is 9.90. The van der Waals surface area contributed by atoms with Crippen LogP contribution in [0.25, 0.3) is 21.3 Å². The molecule has 3 aromatic heterocycles. The van der Waals surface area contributed by atoms with Crippen molar-refractivity contribution in [2.24, 2.45) is 0 Å². The number of nitrogens with zero attached hydrogens (tertiary/aromatic N) is 4. The van der Waals surface area contributed by atoms with Crippen LogP contribution < -0.4 is 15.6 Å². The Kier molecular flexibility index (Phi) is 8.06. The van der Waals surface area contributed by atoms with Gasteiger partial charge in [-0.3, -0.25) is 19.2 Å². The van der Waals surface area contributed by atoms with Gasteiger partial charge in [-0.25, -0.2) is 9.78 Å². The molecule has 1 aromatic carbocycles. The van der Waals surface area contributed by atoms with Crippen molar-refractivity contribution in [3.63, 3.8) is 0 Å². The fourth-order valence-corrected chi connectivity index (χ4v) is 7.14. The Labute approximate surface area is 253 Å². The van der Waals surface area contributed by atoms with Gasteiger partial charge in [-0.2, -0.15) is 0 Å². The Balaban J connectivity index is 1.26. The quantitative estimate of drug-likeness (QED) is 0.294. The second-order valence-corrected chi connectivity index (χ2v) is 12.4. The highest BCUT2D eigenvalue weighted by Crippen LogP contribution is 2.40. The zero-order chi connectivity index (χ0) is 29.5. The predicted octanol–water partition coefficient (Wildman–Crippen LogP) is 4.42. The Hall–Kier alpha value is -3.31. The van der Waals surface area contributed by atoms with Crippen LogP contribution in [-0.2, 0) is 24.1 Å². The van der Waals surface area contributed by atoms with Crippen molar-refractivity contribution in [1.29, 1.82) is 0 Å². The number of ether oxygens (including phenoxy) is 2. The maximum atomic E-state index is 13.7. The van der Waals surface area contributed by atoms with Gasteiger partial charge in [-0.1, -0.05) is 11.6 Å². The van der Waals surface area contributed by atoms with E-state index in [1.165, 1.54) is 18.4 Å². The summed E-state index contributed by atoms with van der Waals surface area (Å²) in [5.74, 6) is 0.908. The van der Waals surface area contributed by atoms with E-state index in [1.807, 2.05) is 32.0 Å². The van der Waals surface area contributed by atoms with Gasteiger partial charge < -0.3 is 14.8 Å². The van der Waals surface area contributed by atoms with Crippen molar-refractivity contribution in [3.8, 4) is 16.9 Å². The molecule has 2 aliphatic rings. The molecule has 42 heavy (non-hydrogen) atoms. The molecule has 1 N–H and O–H groups in total. The van der Waals surface area contributed by atoms with Crippen LogP contribution in [-0.4, -0.2) is 71.3 Å². The van der Waals surface area contributed by atoms with Gasteiger partial charge >= 0.3 is 5.97 Å². The van der Waals surface area contributed by atoms with E-state index in [0.29, 0.717) is 46.3 Å². The number of hydrogen-bond acceptors (Lipinski definition) is 9. The maximum Gasteiger partial charge on any atom is 0.340 e. The van der Waals surface area contributed by atoms with Crippen molar-refractivity contribution in [3.05, 3.63) is 73.4 Å². The number of pyridine rings is 1. The van der Waals surface area contributed by atoms with Crippen molar-refractivity contribution >= 4 is 39.1 Å². The normalized spacial score (nSPS) is 16.9. The summed E-state index contributed by atoms with van der Waals surface area (Å²) >= 11 is 7.86. The monoisotopic (exact) mass is 607 g/mol. The number of hydrogen-bond donors (Lipinski definition) is 1. The van der Waals surface area contributed by atoms with E-state index in [-0.39, 0.29) is 12.2 Å². The third kappa shape index (κ3) is 5.32. The number of fused-ring (bicyclic) bond motifs is 2. The average molecular weight is 608 g/mol. The number of methoxy groups -OCH3 is 1. The number of halogens is 1. The summed E-state index contributed by atoms with van der Waals surface area (Å²) in [4.78, 5) is 37.9. The first kappa shape index (κ1) is 28.8. The third-order valence-electron chi connectivity index (χ3n) is 8.47. The Bertz CT molecular complexity index is 1730. The molecule has 1 saturated heterocycles. The molecular formula is C31H34ClN5O4S. The number of aryl methyl sites for hydroxylation is 3. The zero-order valence-electron chi connectivity index (χ0n) is 24.2. The van der Waals surface area contributed by atoms with E-state index in [4.69, 9.17) is 26.1 Å². The zero-order valence-corrected chi connectivity index (χ0v) is 25.8. The molecule has 1 unspecified atom stereocenters. The smallest absolute Gasteiger partial charge is 0.340 e. The van der Waals surface area contributed by atoms with Crippen molar-refractivity contribution in [1.82, 2.24) is 24.8 Å². The minimum Gasteiger partial charge on any atom is -0.491 e. The Morgan fingerprint density at radius 1 is 1.19 bits per heavy atom. The van der Waals surface area contributed by atoms with E-state index in [0.717, 1.165) is 65.1 Å². The molecule has 1 aliphatic carbocycles. The number of likely N-dealkylation sites (N-methyl/N-ethyl adjacent to an activating group) is 1.